The van der Waals surface area contributed by atoms with Crippen LogP contribution in [0.3, 0.4) is 0 Å². The van der Waals surface area contributed by atoms with Gasteiger partial charge in [0.2, 0.25) is 11.8 Å². The summed E-state index contributed by atoms with van der Waals surface area (Å²) < 4.78 is 0. The number of hydrogen-bond donors (Lipinski definition) is 0. The van der Waals surface area contributed by atoms with Crippen molar-refractivity contribution in [2.24, 2.45) is 0 Å². The summed E-state index contributed by atoms with van der Waals surface area (Å²) in [6.45, 7) is 3.88. The third-order valence-electron chi connectivity index (χ3n) is 2.12. The van der Waals surface area contributed by atoms with Gasteiger partial charge in [-0.25, -0.2) is 0 Å². The summed E-state index contributed by atoms with van der Waals surface area (Å²) in [5.74, 6) is -0.0197. The minimum absolute atomic E-state index is 0.00986. The maximum absolute atomic E-state index is 11.1. The molecule has 0 spiro atoms. The monoisotopic (exact) mass is 155 g/mol. The van der Waals surface area contributed by atoms with Crippen LogP contribution >= 0.6 is 0 Å². The first-order chi connectivity index (χ1) is 5.16. The lowest BCUT2D eigenvalue weighted by atomic mass is 10.2. The molecule has 3 heteroatoms. The fraction of sp³-hybridized carbons (Fsp3) is 0.750. The zero-order valence-corrected chi connectivity index (χ0v) is 6.96. The van der Waals surface area contributed by atoms with Crippen molar-refractivity contribution in [3.05, 3.63) is 0 Å². The summed E-state index contributed by atoms with van der Waals surface area (Å²) in [5, 5.41) is 0. The SMILES string of the molecule is CC[C@H](C)N1C(=O)CCC1=O. The van der Waals surface area contributed by atoms with Crippen LogP contribution in [0.2, 0.25) is 0 Å². The molecule has 1 heterocycles. The highest BCUT2D eigenvalue weighted by molar-refractivity contribution is 6.02. The molecule has 0 aromatic heterocycles. The van der Waals surface area contributed by atoms with Crippen molar-refractivity contribution in [2.45, 2.75) is 39.2 Å². The highest BCUT2D eigenvalue weighted by Crippen LogP contribution is 2.16. The summed E-state index contributed by atoms with van der Waals surface area (Å²) in [7, 11) is 0. The highest BCUT2D eigenvalue weighted by atomic mass is 16.2. The molecule has 1 aliphatic rings. The van der Waals surface area contributed by atoms with E-state index in [1.807, 2.05) is 13.8 Å². The van der Waals surface area contributed by atoms with Gasteiger partial charge in [0.15, 0.2) is 0 Å². The molecule has 1 atom stereocenters. The Labute approximate surface area is 66.4 Å². The largest absolute Gasteiger partial charge is 0.280 e. The van der Waals surface area contributed by atoms with Crippen LogP contribution in [0, 0.1) is 0 Å². The Morgan fingerprint density at radius 1 is 1.36 bits per heavy atom. The van der Waals surface area contributed by atoms with Crippen molar-refractivity contribution in [3.63, 3.8) is 0 Å². The molecule has 1 rings (SSSR count). The molecule has 0 aliphatic carbocycles. The summed E-state index contributed by atoms with van der Waals surface area (Å²) in [6.07, 6.45) is 1.66. The number of likely N-dealkylation sites (tertiary alicyclic amines) is 1. The second kappa shape index (κ2) is 3.03. The molecular formula is C8H13NO2. The van der Waals surface area contributed by atoms with E-state index in [2.05, 4.69) is 0 Å². The molecule has 0 bridgehead atoms. The molecule has 3 nitrogen and oxygen atoms in total. The zero-order valence-electron chi connectivity index (χ0n) is 6.96. The smallest absolute Gasteiger partial charge is 0.229 e. The molecule has 0 N–H and O–H groups in total. The first-order valence-electron chi connectivity index (χ1n) is 4.01. The van der Waals surface area contributed by atoms with Crippen molar-refractivity contribution < 1.29 is 9.59 Å². The van der Waals surface area contributed by atoms with Crippen LogP contribution in [0.5, 0.6) is 0 Å². The highest BCUT2D eigenvalue weighted by Gasteiger charge is 2.31. The molecule has 0 aromatic carbocycles. The second-order valence-corrected chi connectivity index (χ2v) is 2.91. The lowest BCUT2D eigenvalue weighted by molar-refractivity contribution is -0.140. The summed E-state index contributed by atoms with van der Waals surface area (Å²) in [4.78, 5) is 23.6. The van der Waals surface area contributed by atoms with Crippen LogP contribution < -0.4 is 0 Å². The van der Waals surface area contributed by atoms with E-state index in [1.54, 1.807) is 0 Å². The Morgan fingerprint density at radius 2 is 1.82 bits per heavy atom. The van der Waals surface area contributed by atoms with Gasteiger partial charge in [0.25, 0.3) is 0 Å². The topological polar surface area (TPSA) is 37.4 Å². The van der Waals surface area contributed by atoms with Gasteiger partial charge in [-0.1, -0.05) is 6.92 Å². The normalized spacial score (nSPS) is 21.1. The van der Waals surface area contributed by atoms with Gasteiger partial charge in [0.05, 0.1) is 0 Å². The third-order valence-corrected chi connectivity index (χ3v) is 2.12. The molecule has 0 saturated carbocycles. The van der Waals surface area contributed by atoms with E-state index in [1.165, 1.54) is 4.90 Å². The van der Waals surface area contributed by atoms with Crippen LogP contribution in [-0.4, -0.2) is 22.8 Å². The van der Waals surface area contributed by atoms with Crippen molar-refractivity contribution in [1.29, 1.82) is 0 Å². The molecule has 1 fully saturated rings. The Bertz CT molecular complexity index is 173. The molecule has 2 amide bonds. The number of carbonyl (C=O) groups is 2. The summed E-state index contributed by atoms with van der Waals surface area (Å²) >= 11 is 0. The summed E-state index contributed by atoms with van der Waals surface area (Å²) in [5.41, 5.74) is 0. The first kappa shape index (κ1) is 8.24. The van der Waals surface area contributed by atoms with Crippen LogP contribution in [-0.2, 0) is 9.59 Å². The number of amides is 2. The van der Waals surface area contributed by atoms with Gasteiger partial charge in [-0.3, -0.25) is 14.5 Å². The minimum atomic E-state index is -0.00986. The lowest BCUT2D eigenvalue weighted by Gasteiger charge is -2.20. The number of rotatable bonds is 2. The Balaban J connectivity index is 2.68. The Kier molecular flexibility index (Phi) is 2.27. The number of imide groups is 1. The molecule has 1 saturated heterocycles. The van der Waals surface area contributed by atoms with Crippen LogP contribution in [0.15, 0.2) is 0 Å². The first-order valence-corrected chi connectivity index (χ1v) is 4.01. The average Bonchev–Trinajstić information content (AvgIpc) is 2.30. The van der Waals surface area contributed by atoms with Crippen LogP contribution in [0.4, 0.5) is 0 Å². The Hall–Kier alpha value is -0.860. The van der Waals surface area contributed by atoms with Crippen molar-refractivity contribution in [2.75, 3.05) is 0 Å². The van der Waals surface area contributed by atoms with Gasteiger partial charge in [0, 0.05) is 18.9 Å². The lowest BCUT2D eigenvalue weighted by Crippen LogP contribution is -2.36. The van der Waals surface area contributed by atoms with E-state index >= 15 is 0 Å². The maximum atomic E-state index is 11.1. The van der Waals surface area contributed by atoms with Gasteiger partial charge in [-0.05, 0) is 13.3 Å². The number of nitrogens with zero attached hydrogens (tertiary/aromatic N) is 1. The van der Waals surface area contributed by atoms with Crippen molar-refractivity contribution in [1.82, 2.24) is 4.90 Å². The number of hydrogen-bond acceptors (Lipinski definition) is 2. The Morgan fingerprint density at radius 3 is 2.18 bits per heavy atom. The number of carbonyl (C=O) groups excluding carboxylic acids is 2. The molecule has 62 valence electrons. The quantitative estimate of drug-likeness (QED) is 0.556. The van der Waals surface area contributed by atoms with E-state index in [-0.39, 0.29) is 17.9 Å². The van der Waals surface area contributed by atoms with E-state index < -0.39 is 0 Å². The minimum Gasteiger partial charge on any atom is -0.280 e. The third kappa shape index (κ3) is 1.42. The zero-order chi connectivity index (χ0) is 8.43. The maximum Gasteiger partial charge on any atom is 0.229 e. The molecular weight excluding hydrogens is 142 g/mol. The van der Waals surface area contributed by atoms with E-state index in [4.69, 9.17) is 0 Å². The fourth-order valence-corrected chi connectivity index (χ4v) is 1.27. The van der Waals surface area contributed by atoms with Gasteiger partial charge in [-0.15, -0.1) is 0 Å². The van der Waals surface area contributed by atoms with Gasteiger partial charge in [-0.2, -0.15) is 0 Å². The fourth-order valence-electron chi connectivity index (χ4n) is 1.27. The molecule has 0 aromatic rings. The van der Waals surface area contributed by atoms with Crippen LogP contribution in [0.25, 0.3) is 0 Å². The molecule has 11 heavy (non-hydrogen) atoms. The van der Waals surface area contributed by atoms with Crippen molar-refractivity contribution in [3.8, 4) is 0 Å². The summed E-state index contributed by atoms with van der Waals surface area (Å²) in [6, 6.07) is 0.0810. The average molecular weight is 155 g/mol. The van der Waals surface area contributed by atoms with Gasteiger partial charge < -0.3 is 0 Å². The van der Waals surface area contributed by atoms with Gasteiger partial charge in [0.1, 0.15) is 0 Å². The predicted molar refractivity (Wildman–Crippen MR) is 40.8 cm³/mol. The molecule has 0 radical (unpaired) electrons. The van der Waals surface area contributed by atoms with E-state index in [0.29, 0.717) is 12.8 Å². The standard InChI is InChI=1S/C8H13NO2/c1-3-6(2)9-7(10)4-5-8(9)11/h6H,3-5H2,1-2H3/t6-/m0/s1. The van der Waals surface area contributed by atoms with Gasteiger partial charge >= 0.3 is 0 Å². The predicted octanol–water partition coefficient (Wildman–Crippen LogP) is 0.934. The molecule has 0 unspecified atom stereocenters. The van der Waals surface area contributed by atoms with Crippen LogP contribution in [0.1, 0.15) is 33.1 Å². The van der Waals surface area contributed by atoms with E-state index in [0.717, 1.165) is 6.42 Å². The van der Waals surface area contributed by atoms with E-state index in [9.17, 15) is 9.59 Å². The molecule has 1 aliphatic heterocycles. The second-order valence-electron chi connectivity index (χ2n) is 2.91. The van der Waals surface area contributed by atoms with Crippen molar-refractivity contribution >= 4 is 11.8 Å².